The fraction of sp³-hybridized carbons (Fsp3) is 0.622. The molecule has 12 heteroatoms. The average molecular weight is 691 g/mol. The number of halogens is 4. The van der Waals surface area contributed by atoms with E-state index in [0.29, 0.717) is 55.5 Å². The van der Waals surface area contributed by atoms with Crippen LogP contribution in [0.25, 0.3) is 0 Å². The molecule has 8 nitrogen and oxygen atoms in total. The molecule has 6 rings (SSSR count). The molecule has 0 radical (unpaired) electrons. The van der Waals surface area contributed by atoms with Crippen molar-refractivity contribution < 1.29 is 46.5 Å². The molecule has 0 spiro atoms. The normalized spacial score (nSPS) is 29.8. The van der Waals surface area contributed by atoms with Crippen LogP contribution in [0.2, 0.25) is 0 Å². The Balaban J connectivity index is 1.29. The number of methoxy groups -OCH3 is 2. The predicted molar refractivity (Wildman–Crippen MR) is 174 cm³/mol. The van der Waals surface area contributed by atoms with E-state index in [1.54, 1.807) is 24.1 Å². The summed E-state index contributed by atoms with van der Waals surface area (Å²) in [6.07, 6.45) is 0.967. The van der Waals surface area contributed by atoms with Gasteiger partial charge in [-0.2, -0.15) is 13.2 Å². The Bertz CT molecular complexity index is 1470. The van der Waals surface area contributed by atoms with Gasteiger partial charge < -0.3 is 24.2 Å². The van der Waals surface area contributed by atoms with Crippen LogP contribution in [0.15, 0.2) is 42.5 Å². The third kappa shape index (κ3) is 7.41. The van der Waals surface area contributed by atoms with Gasteiger partial charge in [0.2, 0.25) is 5.67 Å². The van der Waals surface area contributed by atoms with Gasteiger partial charge in [-0.15, -0.1) is 0 Å². The number of carboxylic acid groups (broad SMARTS) is 1. The number of hydrogen-bond donors (Lipinski definition) is 1. The first kappa shape index (κ1) is 35.4. The second kappa shape index (κ2) is 14.5. The third-order valence-corrected chi connectivity index (χ3v) is 11.2. The molecule has 4 fully saturated rings. The lowest BCUT2D eigenvalue weighted by atomic mass is 9.85. The standard InChI is InChI=1S/C37H46F4N2O6/c1-47-21-28-17-25(31-16-11-26(37(39,40)41)18-33(31)49-30-14-9-24(10-15-30)34(44)45)19-43(28)35(46)36(38)22-42(27-5-3-4-6-27)20-32(36)23-7-12-29(48-2)13-8-23/h7-8,11-13,16,18,24-25,27-28,30,32H,3-6,9-10,14-15,17,19-22H2,1-2H3,(H,44,45)/t24-,25-,28+,30-,32+,36+/m1/s1. The van der Waals surface area contributed by atoms with E-state index in [-0.39, 0.29) is 31.5 Å². The first-order valence-electron chi connectivity index (χ1n) is 17.4. The molecule has 0 unspecified atom stereocenters. The lowest BCUT2D eigenvalue weighted by Crippen LogP contribution is -2.53. The fourth-order valence-electron chi connectivity index (χ4n) is 8.56. The minimum Gasteiger partial charge on any atom is -0.497 e. The zero-order valence-electron chi connectivity index (χ0n) is 28.1. The average Bonchev–Trinajstić information content (AvgIpc) is 3.84. The third-order valence-electron chi connectivity index (χ3n) is 11.2. The second-order valence-electron chi connectivity index (χ2n) is 14.2. The highest BCUT2D eigenvalue weighted by Crippen LogP contribution is 2.47. The summed E-state index contributed by atoms with van der Waals surface area (Å²) in [7, 11) is 3.07. The van der Waals surface area contributed by atoms with E-state index in [0.717, 1.165) is 37.8 Å². The lowest BCUT2D eigenvalue weighted by Gasteiger charge is -2.33. The summed E-state index contributed by atoms with van der Waals surface area (Å²) in [6, 6.07) is 10.3. The fourth-order valence-corrected chi connectivity index (χ4v) is 8.56. The molecule has 2 aliphatic carbocycles. The van der Waals surface area contributed by atoms with Crippen LogP contribution in [0.4, 0.5) is 17.6 Å². The van der Waals surface area contributed by atoms with E-state index in [2.05, 4.69) is 4.90 Å². The van der Waals surface area contributed by atoms with E-state index in [9.17, 15) is 27.9 Å². The number of rotatable bonds is 10. The zero-order chi connectivity index (χ0) is 34.9. The van der Waals surface area contributed by atoms with Crippen molar-refractivity contribution in [3.8, 4) is 11.5 Å². The number of carboxylic acids is 1. The quantitative estimate of drug-likeness (QED) is 0.274. The molecular weight excluding hydrogens is 644 g/mol. The lowest BCUT2D eigenvalue weighted by molar-refractivity contribution is -0.146. The van der Waals surface area contributed by atoms with Crippen LogP contribution in [0.1, 0.15) is 86.3 Å². The monoisotopic (exact) mass is 690 g/mol. The number of carbonyl (C=O) groups is 2. The van der Waals surface area contributed by atoms with Crippen LogP contribution in [-0.4, -0.2) is 91.1 Å². The molecule has 4 aliphatic rings. The molecule has 4 atom stereocenters. The second-order valence-corrected chi connectivity index (χ2v) is 14.2. The highest BCUT2D eigenvalue weighted by atomic mass is 19.4. The van der Waals surface area contributed by atoms with E-state index in [1.807, 2.05) is 12.1 Å². The van der Waals surface area contributed by atoms with Crippen molar-refractivity contribution >= 4 is 11.9 Å². The number of aliphatic carboxylic acids is 1. The Morgan fingerprint density at radius 1 is 0.959 bits per heavy atom. The zero-order valence-corrected chi connectivity index (χ0v) is 28.1. The van der Waals surface area contributed by atoms with Crippen molar-refractivity contribution in [3.63, 3.8) is 0 Å². The summed E-state index contributed by atoms with van der Waals surface area (Å²) in [6.45, 7) is 0.632. The number of alkyl halides is 4. The summed E-state index contributed by atoms with van der Waals surface area (Å²) in [5.74, 6) is -2.43. The van der Waals surface area contributed by atoms with Gasteiger partial charge in [-0.1, -0.05) is 31.0 Å². The summed E-state index contributed by atoms with van der Waals surface area (Å²) in [5.41, 5.74) is -1.84. The van der Waals surface area contributed by atoms with Crippen LogP contribution in [0, 0.1) is 5.92 Å². The van der Waals surface area contributed by atoms with Crippen molar-refractivity contribution in [2.24, 2.45) is 5.92 Å². The number of benzene rings is 2. The largest absolute Gasteiger partial charge is 0.497 e. The topological polar surface area (TPSA) is 88.5 Å². The number of likely N-dealkylation sites (tertiary alicyclic amines) is 2. The van der Waals surface area contributed by atoms with Crippen LogP contribution < -0.4 is 9.47 Å². The van der Waals surface area contributed by atoms with Gasteiger partial charge in [0.25, 0.3) is 5.91 Å². The van der Waals surface area contributed by atoms with Crippen molar-refractivity contribution in [2.45, 2.75) is 99.7 Å². The molecule has 2 aromatic carbocycles. The van der Waals surface area contributed by atoms with Gasteiger partial charge in [0.15, 0.2) is 0 Å². The molecule has 2 saturated carbocycles. The Morgan fingerprint density at radius 2 is 1.65 bits per heavy atom. The first-order valence-corrected chi connectivity index (χ1v) is 17.4. The van der Waals surface area contributed by atoms with Crippen LogP contribution in [-0.2, 0) is 20.5 Å². The minimum atomic E-state index is -4.60. The molecule has 49 heavy (non-hydrogen) atoms. The van der Waals surface area contributed by atoms with Crippen LogP contribution >= 0.6 is 0 Å². The maximum Gasteiger partial charge on any atom is 0.416 e. The summed E-state index contributed by atoms with van der Waals surface area (Å²) < 4.78 is 76.3. The molecule has 1 N–H and O–H groups in total. The van der Waals surface area contributed by atoms with Crippen molar-refractivity contribution in [1.29, 1.82) is 0 Å². The minimum absolute atomic E-state index is 0.0261. The van der Waals surface area contributed by atoms with Gasteiger partial charge in [0, 0.05) is 44.6 Å². The van der Waals surface area contributed by atoms with Crippen molar-refractivity contribution in [3.05, 3.63) is 59.2 Å². The SMILES string of the molecule is COC[C@@H]1C[C@@H](c2ccc(C(F)(F)F)cc2O[C@H]2CC[C@H](C(=O)O)CC2)CN1C(=O)[C@]1(F)CN(C2CCCC2)C[C@H]1c1ccc(OC)cc1. The van der Waals surface area contributed by atoms with Gasteiger partial charge in [-0.3, -0.25) is 14.5 Å². The molecule has 0 aromatic heterocycles. The summed E-state index contributed by atoms with van der Waals surface area (Å²) >= 11 is 0. The molecule has 2 aliphatic heterocycles. The van der Waals surface area contributed by atoms with E-state index < -0.39 is 59.2 Å². The van der Waals surface area contributed by atoms with Gasteiger partial charge in [0.1, 0.15) is 11.5 Å². The number of carbonyl (C=O) groups excluding carboxylic acids is 1. The Hall–Kier alpha value is -3.38. The van der Waals surface area contributed by atoms with Gasteiger partial charge >= 0.3 is 12.1 Å². The maximum absolute atomic E-state index is 17.7. The Morgan fingerprint density at radius 3 is 2.27 bits per heavy atom. The molecule has 2 heterocycles. The molecule has 1 amide bonds. The number of hydrogen-bond acceptors (Lipinski definition) is 6. The molecule has 268 valence electrons. The molecular formula is C37H46F4N2O6. The summed E-state index contributed by atoms with van der Waals surface area (Å²) in [5, 5.41) is 9.39. The number of nitrogens with zero attached hydrogens (tertiary/aromatic N) is 2. The predicted octanol–water partition coefficient (Wildman–Crippen LogP) is 6.82. The molecule has 0 bridgehead atoms. The van der Waals surface area contributed by atoms with E-state index in [4.69, 9.17) is 14.2 Å². The van der Waals surface area contributed by atoms with Gasteiger partial charge in [0.05, 0.1) is 37.3 Å². The maximum atomic E-state index is 17.7. The highest BCUT2D eigenvalue weighted by molar-refractivity contribution is 5.88. The van der Waals surface area contributed by atoms with Gasteiger partial charge in [-0.25, -0.2) is 4.39 Å². The van der Waals surface area contributed by atoms with E-state index >= 15 is 4.39 Å². The number of amides is 1. The Labute approximate surface area is 284 Å². The van der Waals surface area contributed by atoms with Gasteiger partial charge in [-0.05, 0) is 80.3 Å². The van der Waals surface area contributed by atoms with E-state index in [1.165, 1.54) is 13.2 Å². The summed E-state index contributed by atoms with van der Waals surface area (Å²) in [4.78, 5) is 29.7. The van der Waals surface area contributed by atoms with Crippen LogP contribution in [0.5, 0.6) is 11.5 Å². The highest BCUT2D eigenvalue weighted by Gasteiger charge is 2.58. The molecule has 2 saturated heterocycles. The molecule has 2 aromatic rings. The smallest absolute Gasteiger partial charge is 0.416 e. The van der Waals surface area contributed by atoms with Crippen molar-refractivity contribution in [2.75, 3.05) is 40.5 Å². The number of ether oxygens (including phenoxy) is 3. The first-order chi connectivity index (χ1) is 23.4. The van der Waals surface area contributed by atoms with Crippen molar-refractivity contribution in [1.82, 2.24) is 9.80 Å². The van der Waals surface area contributed by atoms with Crippen LogP contribution in [0.3, 0.4) is 0 Å². The Kier molecular flexibility index (Phi) is 10.5.